The van der Waals surface area contributed by atoms with Gasteiger partial charge < -0.3 is 20.4 Å². The predicted octanol–water partition coefficient (Wildman–Crippen LogP) is 1.76. The first kappa shape index (κ1) is 19.6. The lowest BCUT2D eigenvalue weighted by Crippen LogP contribution is -2.55. The molecule has 0 aliphatic carbocycles. The van der Waals surface area contributed by atoms with Crippen molar-refractivity contribution in [3.63, 3.8) is 0 Å². The van der Waals surface area contributed by atoms with Gasteiger partial charge >= 0.3 is 6.03 Å². The van der Waals surface area contributed by atoms with E-state index >= 15 is 0 Å². The third kappa shape index (κ3) is 5.18. The van der Waals surface area contributed by atoms with Crippen LogP contribution >= 0.6 is 0 Å². The Hall–Kier alpha value is -3.16. The average Bonchev–Trinajstić information content (AvgIpc) is 2.73. The minimum Gasteiger partial charge on any atom is -0.368 e. The Morgan fingerprint density at radius 3 is 2.50 bits per heavy atom. The van der Waals surface area contributed by atoms with Crippen molar-refractivity contribution >= 4 is 17.6 Å². The molecule has 1 aliphatic rings. The summed E-state index contributed by atoms with van der Waals surface area (Å²) in [7, 11) is 0. The molecular weight excluding hydrogens is 361 g/mol. The first-order valence-corrected chi connectivity index (χ1v) is 9.25. The highest BCUT2D eigenvalue weighted by atomic mass is 19.1. The van der Waals surface area contributed by atoms with Crippen molar-refractivity contribution in [2.75, 3.05) is 31.1 Å². The van der Waals surface area contributed by atoms with Crippen LogP contribution in [0.5, 0.6) is 0 Å². The number of amides is 3. The third-order valence-corrected chi connectivity index (χ3v) is 4.68. The molecule has 3 amide bonds. The first-order valence-electron chi connectivity index (χ1n) is 9.25. The Labute approximate surface area is 163 Å². The Morgan fingerprint density at radius 1 is 1.14 bits per heavy atom. The highest BCUT2D eigenvalue weighted by molar-refractivity contribution is 5.86. The molecule has 1 saturated heterocycles. The van der Waals surface area contributed by atoms with Crippen molar-refractivity contribution in [1.29, 1.82) is 0 Å². The molecule has 1 aromatic carbocycles. The Morgan fingerprint density at radius 2 is 1.86 bits per heavy atom. The number of carbonyl (C=O) groups excluding carboxylic acids is 2. The molecular formula is C20H24FN5O2. The summed E-state index contributed by atoms with van der Waals surface area (Å²) >= 11 is 0. The summed E-state index contributed by atoms with van der Waals surface area (Å²) in [6.07, 6.45) is 3.36. The predicted molar refractivity (Wildman–Crippen MR) is 104 cm³/mol. The summed E-state index contributed by atoms with van der Waals surface area (Å²) < 4.78 is 13.0. The molecule has 1 aromatic heterocycles. The van der Waals surface area contributed by atoms with Crippen LogP contribution < -0.4 is 15.5 Å². The molecule has 3 rings (SSSR count). The van der Waals surface area contributed by atoms with E-state index in [1.54, 1.807) is 42.4 Å². The molecule has 8 heteroatoms. The summed E-state index contributed by atoms with van der Waals surface area (Å²) in [4.78, 5) is 32.4. The van der Waals surface area contributed by atoms with Gasteiger partial charge in [0.1, 0.15) is 11.9 Å². The summed E-state index contributed by atoms with van der Waals surface area (Å²) in [6, 6.07) is 9.11. The van der Waals surface area contributed by atoms with Gasteiger partial charge in [-0.3, -0.25) is 9.78 Å². The van der Waals surface area contributed by atoms with Crippen molar-refractivity contribution in [2.45, 2.75) is 19.5 Å². The second kappa shape index (κ2) is 9.16. The molecule has 1 fully saturated rings. The Balaban J connectivity index is 1.43. The number of pyridine rings is 1. The number of urea groups is 1. The summed E-state index contributed by atoms with van der Waals surface area (Å²) in [5.41, 5.74) is 1.83. The van der Waals surface area contributed by atoms with Crippen molar-refractivity contribution < 1.29 is 14.0 Å². The van der Waals surface area contributed by atoms with Gasteiger partial charge in [0.15, 0.2) is 0 Å². The quantitative estimate of drug-likeness (QED) is 0.822. The maximum absolute atomic E-state index is 13.0. The third-order valence-electron chi connectivity index (χ3n) is 4.68. The molecule has 0 radical (unpaired) electrons. The van der Waals surface area contributed by atoms with Gasteiger partial charge in [-0.1, -0.05) is 6.07 Å². The lowest BCUT2D eigenvalue weighted by atomic mass is 10.2. The maximum Gasteiger partial charge on any atom is 0.318 e. The number of piperazine rings is 1. The normalized spacial score (nSPS) is 15.1. The maximum atomic E-state index is 13.0. The van der Waals surface area contributed by atoms with Crippen LogP contribution in [-0.4, -0.2) is 54.0 Å². The van der Waals surface area contributed by atoms with Crippen LogP contribution in [0.15, 0.2) is 48.8 Å². The molecule has 28 heavy (non-hydrogen) atoms. The standard InChI is InChI=1S/C20H24FN5O2/c1-15(19(27)23-14-16-3-2-8-22-13-16)24-20(28)26-11-9-25(10-12-26)18-6-4-17(21)5-7-18/h2-8,13,15H,9-12,14H2,1H3,(H,23,27)(H,24,28)/t15-/m1/s1. The van der Waals surface area contributed by atoms with E-state index in [1.165, 1.54) is 12.1 Å². The van der Waals surface area contributed by atoms with E-state index in [9.17, 15) is 14.0 Å². The zero-order valence-corrected chi connectivity index (χ0v) is 15.8. The number of nitrogens with one attached hydrogen (secondary N) is 2. The summed E-state index contributed by atoms with van der Waals surface area (Å²) in [6.45, 7) is 4.40. The highest BCUT2D eigenvalue weighted by Gasteiger charge is 2.24. The van der Waals surface area contributed by atoms with Crippen LogP contribution in [0.1, 0.15) is 12.5 Å². The number of hydrogen-bond acceptors (Lipinski definition) is 4. The van der Waals surface area contributed by atoms with Crippen LogP contribution in [0, 0.1) is 5.82 Å². The minimum atomic E-state index is -0.640. The van der Waals surface area contributed by atoms with Crippen LogP contribution in [0.2, 0.25) is 0 Å². The fourth-order valence-corrected chi connectivity index (χ4v) is 3.01. The molecule has 0 saturated carbocycles. The molecule has 2 aromatic rings. The van der Waals surface area contributed by atoms with Gasteiger partial charge in [0.05, 0.1) is 0 Å². The van der Waals surface area contributed by atoms with E-state index in [1.807, 2.05) is 6.07 Å². The molecule has 0 bridgehead atoms. The van der Waals surface area contributed by atoms with E-state index in [-0.39, 0.29) is 17.8 Å². The minimum absolute atomic E-state index is 0.248. The number of hydrogen-bond donors (Lipinski definition) is 2. The average molecular weight is 385 g/mol. The number of benzene rings is 1. The van der Waals surface area contributed by atoms with Crippen molar-refractivity contribution in [3.8, 4) is 0 Å². The molecule has 148 valence electrons. The van der Waals surface area contributed by atoms with E-state index in [2.05, 4.69) is 20.5 Å². The molecule has 0 unspecified atom stereocenters. The molecule has 2 N–H and O–H groups in total. The lowest BCUT2D eigenvalue weighted by Gasteiger charge is -2.36. The van der Waals surface area contributed by atoms with E-state index in [0.29, 0.717) is 32.7 Å². The number of aromatic nitrogens is 1. The van der Waals surface area contributed by atoms with Crippen molar-refractivity contribution in [1.82, 2.24) is 20.5 Å². The first-order chi connectivity index (χ1) is 13.5. The number of carbonyl (C=O) groups is 2. The van der Waals surface area contributed by atoms with Crippen LogP contribution in [0.4, 0.5) is 14.9 Å². The lowest BCUT2D eigenvalue weighted by molar-refractivity contribution is -0.122. The smallest absolute Gasteiger partial charge is 0.318 e. The SMILES string of the molecule is C[C@@H](NC(=O)N1CCN(c2ccc(F)cc2)CC1)C(=O)NCc1cccnc1. The van der Waals surface area contributed by atoms with Crippen LogP contribution in [0.3, 0.4) is 0 Å². The largest absolute Gasteiger partial charge is 0.368 e. The van der Waals surface area contributed by atoms with Gasteiger partial charge in [-0.05, 0) is 42.8 Å². The molecule has 2 heterocycles. The highest BCUT2D eigenvalue weighted by Crippen LogP contribution is 2.16. The van der Waals surface area contributed by atoms with Gasteiger partial charge in [-0.15, -0.1) is 0 Å². The molecule has 7 nitrogen and oxygen atoms in total. The number of halogens is 1. The van der Waals surface area contributed by atoms with E-state index < -0.39 is 6.04 Å². The number of anilines is 1. The molecule has 0 spiro atoms. The number of rotatable bonds is 5. The molecule has 1 atom stereocenters. The fraction of sp³-hybridized carbons (Fsp3) is 0.350. The second-order valence-electron chi connectivity index (χ2n) is 6.70. The summed E-state index contributed by atoms with van der Waals surface area (Å²) in [5.74, 6) is -0.514. The van der Waals surface area contributed by atoms with Gasteiger partial charge in [0, 0.05) is 50.8 Å². The summed E-state index contributed by atoms with van der Waals surface area (Å²) in [5, 5.41) is 5.53. The van der Waals surface area contributed by atoms with Crippen LogP contribution in [0.25, 0.3) is 0 Å². The van der Waals surface area contributed by atoms with Crippen molar-refractivity contribution in [3.05, 3.63) is 60.2 Å². The van der Waals surface area contributed by atoms with Gasteiger partial charge in [0.2, 0.25) is 5.91 Å². The molecule has 1 aliphatic heterocycles. The number of nitrogens with zero attached hydrogens (tertiary/aromatic N) is 3. The Kier molecular flexibility index (Phi) is 6.41. The van der Waals surface area contributed by atoms with E-state index in [4.69, 9.17) is 0 Å². The zero-order chi connectivity index (χ0) is 19.9. The Bertz CT molecular complexity index is 792. The van der Waals surface area contributed by atoms with Gasteiger partial charge in [-0.25, -0.2) is 9.18 Å². The van der Waals surface area contributed by atoms with E-state index in [0.717, 1.165) is 11.3 Å². The van der Waals surface area contributed by atoms with Crippen LogP contribution in [-0.2, 0) is 11.3 Å². The van der Waals surface area contributed by atoms with Crippen molar-refractivity contribution in [2.24, 2.45) is 0 Å². The topological polar surface area (TPSA) is 77.6 Å². The van der Waals surface area contributed by atoms with Gasteiger partial charge in [0.25, 0.3) is 0 Å². The van der Waals surface area contributed by atoms with Gasteiger partial charge in [-0.2, -0.15) is 0 Å². The zero-order valence-electron chi connectivity index (χ0n) is 15.8. The monoisotopic (exact) mass is 385 g/mol. The second-order valence-corrected chi connectivity index (χ2v) is 6.70. The fourth-order valence-electron chi connectivity index (χ4n) is 3.01.